The van der Waals surface area contributed by atoms with E-state index in [0.717, 1.165) is 0 Å². The summed E-state index contributed by atoms with van der Waals surface area (Å²) < 4.78 is 46.7. The van der Waals surface area contributed by atoms with Gasteiger partial charge in [-0.3, -0.25) is 0 Å². The Bertz CT molecular complexity index is 139. The Kier molecular flexibility index (Phi) is 4.66. The fourth-order valence-corrected chi connectivity index (χ4v) is 0. The summed E-state index contributed by atoms with van der Waals surface area (Å²) in [5, 5.41) is 0. The van der Waals surface area contributed by atoms with Crippen LogP contribution in [0.15, 0.2) is 0 Å². The van der Waals surface area contributed by atoms with Gasteiger partial charge in [-0.15, -0.1) is 0 Å². The molecule has 0 aromatic heterocycles. The Hall–Kier alpha value is 0.297. The summed E-state index contributed by atoms with van der Waals surface area (Å²) in [6.07, 6.45) is 0. The molecule has 3 nitrogen and oxygen atoms in total. The van der Waals surface area contributed by atoms with Gasteiger partial charge in [-0.1, -0.05) is 12.8 Å². The minimum atomic E-state index is -5.74. The Balaban J connectivity index is 0. The van der Waals surface area contributed by atoms with E-state index in [1.54, 1.807) is 0 Å². The van der Waals surface area contributed by atoms with Gasteiger partial charge >= 0.3 is 29.3 Å². The van der Waals surface area contributed by atoms with Gasteiger partial charge < -0.3 is 0 Å². The van der Waals surface area contributed by atoms with E-state index in [0.29, 0.717) is 0 Å². The van der Waals surface area contributed by atoms with Crippen molar-refractivity contribution in [3.8, 4) is 0 Å². The molecule has 0 atom stereocenters. The first-order valence-electron chi connectivity index (χ1n) is 1.01. The van der Waals surface area contributed by atoms with Gasteiger partial charge in [0.05, 0.1) is 0 Å². The van der Waals surface area contributed by atoms with Crippen molar-refractivity contribution >= 4 is 29.3 Å². The molecule has 0 aromatic carbocycles. The Morgan fingerprint density at radius 3 is 1.38 bits per heavy atom. The van der Waals surface area contributed by atoms with Gasteiger partial charge in [0.25, 0.3) is 0 Å². The van der Waals surface area contributed by atoms with E-state index in [-0.39, 0.29) is 18.9 Å². The topological polar surface area (TPSA) is 37.4 Å². The zero-order chi connectivity index (χ0) is 6.08. The fraction of sp³-hybridized carbons (Fsp3) is 0. The van der Waals surface area contributed by atoms with Crippen LogP contribution in [0.3, 0.4) is 0 Å². The number of hydrogen-bond acceptors (Lipinski definition) is 2. The summed E-state index contributed by atoms with van der Waals surface area (Å²) in [4.78, 5) is 0. The molecular formula is HF3LiNO2S. The molecule has 0 aliphatic carbocycles. The predicted octanol–water partition coefficient (Wildman–Crippen LogP) is -0.377. The molecule has 0 amide bonds. The minimum absolute atomic E-state index is 0. The van der Waals surface area contributed by atoms with Gasteiger partial charge in [-0.25, -0.2) is 0 Å². The van der Waals surface area contributed by atoms with Crippen LogP contribution in [0, 0.1) is 0 Å². The number of halogens is 3. The average molecular weight is 143 g/mol. The molecule has 8 heteroatoms. The molecule has 8 heavy (non-hydrogen) atoms. The van der Waals surface area contributed by atoms with E-state index in [1.165, 1.54) is 0 Å². The summed E-state index contributed by atoms with van der Waals surface area (Å²) in [6, 6.07) is 0. The van der Waals surface area contributed by atoms with Crippen molar-refractivity contribution in [3.05, 3.63) is 0 Å². The van der Waals surface area contributed by atoms with E-state index in [4.69, 9.17) is 8.42 Å². The van der Waals surface area contributed by atoms with Crippen molar-refractivity contribution in [2.45, 2.75) is 0 Å². The predicted molar refractivity (Wildman–Crippen MR) is 21.2 cm³/mol. The van der Waals surface area contributed by atoms with Gasteiger partial charge in [0.1, 0.15) is 0 Å². The van der Waals surface area contributed by atoms with E-state index >= 15 is 0 Å². The molecule has 0 N–H and O–H groups in total. The number of hydrogen-bond donors (Lipinski definition) is 0. The Morgan fingerprint density at radius 2 is 1.38 bits per heavy atom. The van der Waals surface area contributed by atoms with Gasteiger partial charge in [0, 0.05) is 0 Å². The molecule has 0 aromatic rings. The van der Waals surface area contributed by atoms with Crippen LogP contribution >= 0.6 is 0 Å². The molecule has 0 aliphatic heterocycles. The molecule has 0 rings (SSSR count). The maximum atomic E-state index is 10.7. The van der Waals surface area contributed by atoms with Crippen molar-refractivity contribution in [1.82, 2.24) is 4.75 Å². The van der Waals surface area contributed by atoms with Crippen molar-refractivity contribution < 1.29 is 21.3 Å². The molecule has 0 heterocycles. The van der Waals surface area contributed by atoms with Gasteiger partial charge in [0.15, 0.2) is 4.75 Å². The van der Waals surface area contributed by atoms with Crippen molar-refractivity contribution in [3.63, 3.8) is 0 Å². The monoisotopic (exact) mass is 143 g/mol. The zero-order valence-corrected chi connectivity index (χ0v) is 3.62. The number of rotatable bonds is 1. The van der Waals surface area contributed by atoms with Crippen LogP contribution in [0.5, 0.6) is 0 Å². The van der Waals surface area contributed by atoms with Crippen molar-refractivity contribution in [1.29, 1.82) is 0 Å². The second-order valence-corrected chi connectivity index (χ2v) is 1.71. The molecule has 0 aliphatic rings. The van der Waals surface area contributed by atoms with E-state index in [2.05, 4.69) is 0 Å². The summed E-state index contributed by atoms with van der Waals surface area (Å²) in [6.45, 7) is 0. The molecule has 0 saturated carbocycles. The summed E-state index contributed by atoms with van der Waals surface area (Å²) >= 11 is 0. The molecular weight excluding hydrogens is 142 g/mol. The molecule has 0 unspecified atom stereocenters. The van der Waals surface area contributed by atoms with Gasteiger partial charge in [0.2, 0.25) is 0 Å². The first kappa shape index (κ1) is 11.1. The van der Waals surface area contributed by atoms with E-state index in [1.807, 2.05) is 0 Å². The van der Waals surface area contributed by atoms with Gasteiger partial charge in [-0.2, -0.15) is 8.42 Å². The van der Waals surface area contributed by atoms with Crippen molar-refractivity contribution in [2.24, 2.45) is 0 Å². The second-order valence-electron chi connectivity index (χ2n) is 0.614. The van der Waals surface area contributed by atoms with E-state index in [9.17, 15) is 12.8 Å². The standard InChI is InChI=1S/F3NO2S.Li.H/c1-4(2)7(3,5)6;;. The zero-order valence-electron chi connectivity index (χ0n) is 2.81. The SMILES string of the molecule is O=S(=O)(F)N(F)F.[LiH]. The Labute approximate surface area is 55.9 Å². The molecule has 0 radical (unpaired) electrons. The van der Waals surface area contributed by atoms with Crippen LogP contribution in [0.1, 0.15) is 0 Å². The third-order valence-corrected chi connectivity index (χ3v) is 0.495. The van der Waals surface area contributed by atoms with Crippen LogP contribution in [0.25, 0.3) is 0 Å². The first-order chi connectivity index (χ1) is 2.94. The molecule has 46 valence electrons. The summed E-state index contributed by atoms with van der Waals surface area (Å²) in [5.41, 5.74) is 0. The third-order valence-electron chi connectivity index (χ3n) is 0.165. The summed E-state index contributed by atoms with van der Waals surface area (Å²) in [7, 11) is -5.74. The molecule has 0 saturated heterocycles. The maximum absolute atomic E-state index is 10.7. The average Bonchev–Trinajstić information content (AvgIpc) is 1.31. The van der Waals surface area contributed by atoms with Crippen LogP contribution in [-0.2, 0) is 10.4 Å². The number of nitrogens with zero attached hydrogens (tertiary/aromatic N) is 1. The van der Waals surface area contributed by atoms with Gasteiger partial charge in [-0.05, 0) is 0 Å². The third kappa shape index (κ3) is 4.46. The van der Waals surface area contributed by atoms with Crippen molar-refractivity contribution in [2.75, 3.05) is 0 Å². The van der Waals surface area contributed by atoms with Crippen LogP contribution in [-0.4, -0.2) is 32.0 Å². The summed E-state index contributed by atoms with van der Waals surface area (Å²) in [5.74, 6) is 0. The van der Waals surface area contributed by atoms with E-state index < -0.39 is 15.2 Å². The van der Waals surface area contributed by atoms with Crippen LogP contribution in [0.4, 0.5) is 12.8 Å². The Morgan fingerprint density at radius 1 is 1.25 bits per heavy atom. The molecule has 0 bridgehead atoms. The second kappa shape index (κ2) is 3.35. The molecule has 0 spiro atoms. The fourth-order valence-electron chi connectivity index (χ4n) is 0. The quantitative estimate of drug-likeness (QED) is 0.285. The van der Waals surface area contributed by atoms with Crippen LogP contribution in [0.2, 0.25) is 0 Å². The first-order valence-corrected chi connectivity index (χ1v) is 2.35. The molecule has 0 fully saturated rings. The van der Waals surface area contributed by atoms with Crippen LogP contribution < -0.4 is 0 Å². The normalized spacial score (nSPS) is 11.0.